The van der Waals surface area contributed by atoms with Gasteiger partial charge in [-0.15, -0.1) is 0 Å². The average Bonchev–Trinajstić information content (AvgIpc) is 2.63. The number of phenolic OH excluding ortho intramolecular Hbond substituents is 1. The van der Waals surface area contributed by atoms with Gasteiger partial charge < -0.3 is 10.2 Å². The summed E-state index contributed by atoms with van der Waals surface area (Å²) < 4.78 is 15.5. The van der Waals surface area contributed by atoms with Crippen molar-refractivity contribution in [1.29, 1.82) is 0 Å². The molecule has 2 aromatic carbocycles. The van der Waals surface area contributed by atoms with Crippen LogP contribution in [0.15, 0.2) is 46.0 Å². The maximum atomic E-state index is 13.1. The molecule has 136 valence electrons. The number of nitrogens with zero attached hydrogens (tertiary/aromatic N) is 2. The van der Waals surface area contributed by atoms with Crippen molar-refractivity contribution in [2.45, 2.75) is 19.4 Å². The van der Waals surface area contributed by atoms with E-state index in [1.165, 1.54) is 28.8 Å². The third-order valence-electron chi connectivity index (χ3n) is 4.44. The van der Waals surface area contributed by atoms with Crippen LogP contribution in [0.3, 0.4) is 0 Å². The van der Waals surface area contributed by atoms with E-state index in [0.717, 1.165) is 10.1 Å². The van der Waals surface area contributed by atoms with E-state index in [-0.39, 0.29) is 42.9 Å². The number of fused-ring (bicyclic) bond motifs is 1. The Morgan fingerprint density at radius 3 is 2.42 bits per heavy atom. The van der Waals surface area contributed by atoms with E-state index < -0.39 is 11.2 Å². The number of hydrogen-bond donors (Lipinski definition) is 2. The molecule has 0 bridgehead atoms. The van der Waals surface area contributed by atoms with Crippen molar-refractivity contribution in [3.8, 4) is 5.75 Å². The zero-order valence-corrected chi connectivity index (χ0v) is 14.3. The van der Waals surface area contributed by atoms with Crippen LogP contribution in [0.1, 0.15) is 17.5 Å². The minimum Gasteiger partial charge on any atom is -0.508 e. The van der Waals surface area contributed by atoms with Gasteiger partial charge in [-0.25, -0.2) is 9.18 Å². The van der Waals surface area contributed by atoms with Gasteiger partial charge in [0.05, 0.1) is 10.9 Å². The minimum absolute atomic E-state index is 0.0636. The Morgan fingerprint density at radius 1 is 1.08 bits per heavy atom. The van der Waals surface area contributed by atoms with Gasteiger partial charge in [0, 0.05) is 32.2 Å². The largest absolute Gasteiger partial charge is 0.508 e. The fourth-order valence-electron chi connectivity index (χ4n) is 3.06. The molecule has 1 heterocycles. The van der Waals surface area contributed by atoms with Gasteiger partial charge in [-0.05, 0) is 36.2 Å². The molecule has 0 unspecified atom stereocenters. The number of aromatic nitrogens is 2. The second-order valence-electron chi connectivity index (χ2n) is 6.14. The van der Waals surface area contributed by atoms with Crippen LogP contribution in [-0.4, -0.2) is 26.0 Å². The van der Waals surface area contributed by atoms with Crippen molar-refractivity contribution in [3.05, 3.63) is 74.2 Å². The molecular weight excluding hydrogens is 339 g/mol. The molecule has 0 amide bonds. The molecule has 1 aromatic heterocycles. The molecule has 3 aromatic rings. The normalized spacial score (nSPS) is 11.2. The number of halogens is 1. The smallest absolute Gasteiger partial charge is 0.331 e. The van der Waals surface area contributed by atoms with Gasteiger partial charge in [0.1, 0.15) is 11.6 Å². The lowest BCUT2D eigenvalue weighted by molar-refractivity contribution is 0.277. The molecule has 0 saturated heterocycles. The first-order valence-electron chi connectivity index (χ1n) is 8.23. The lowest BCUT2D eigenvalue weighted by Crippen LogP contribution is -2.39. The molecule has 26 heavy (non-hydrogen) atoms. The third kappa shape index (κ3) is 3.13. The lowest BCUT2D eigenvalue weighted by Gasteiger charge is -2.14. The summed E-state index contributed by atoms with van der Waals surface area (Å²) in [6, 6.07) is 8.76. The topological polar surface area (TPSA) is 84.5 Å². The highest BCUT2D eigenvalue weighted by Crippen LogP contribution is 2.26. The van der Waals surface area contributed by atoms with Crippen molar-refractivity contribution in [2.24, 2.45) is 7.05 Å². The van der Waals surface area contributed by atoms with E-state index in [4.69, 9.17) is 5.11 Å². The van der Waals surface area contributed by atoms with Gasteiger partial charge in [0.25, 0.3) is 5.56 Å². The highest BCUT2D eigenvalue weighted by atomic mass is 19.1. The summed E-state index contributed by atoms with van der Waals surface area (Å²) in [5, 5.41) is 19.6. The summed E-state index contributed by atoms with van der Waals surface area (Å²) in [5.74, 6) is -0.434. The van der Waals surface area contributed by atoms with E-state index in [9.17, 15) is 19.1 Å². The van der Waals surface area contributed by atoms with Gasteiger partial charge in [0.2, 0.25) is 0 Å². The van der Waals surface area contributed by atoms with Crippen LogP contribution in [0, 0.1) is 5.82 Å². The van der Waals surface area contributed by atoms with Crippen LogP contribution in [-0.2, 0) is 20.0 Å². The van der Waals surface area contributed by atoms with Crippen LogP contribution in [0.25, 0.3) is 10.9 Å². The maximum absolute atomic E-state index is 13.1. The van der Waals surface area contributed by atoms with Gasteiger partial charge in [-0.1, -0.05) is 12.1 Å². The monoisotopic (exact) mass is 358 g/mol. The summed E-state index contributed by atoms with van der Waals surface area (Å²) in [4.78, 5) is 25.4. The summed E-state index contributed by atoms with van der Waals surface area (Å²) >= 11 is 0. The van der Waals surface area contributed by atoms with E-state index in [1.807, 2.05) is 0 Å². The summed E-state index contributed by atoms with van der Waals surface area (Å²) in [6.45, 7) is -0.0559. The Hall–Kier alpha value is -2.93. The molecule has 0 fully saturated rings. The number of phenols is 1. The number of aliphatic hydroxyl groups excluding tert-OH is 1. The number of benzene rings is 2. The Balaban J connectivity index is 2.26. The molecule has 0 radical (unpaired) electrons. The Labute approximate surface area is 148 Å². The zero-order valence-electron chi connectivity index (χ0n) is 14.3. The van der Waals surface area contributed by atoms with Gasteiger partial charge >= 0.3 is 5.69 Å². The quantitative estimate of drug-likeness (QED) is 0.724. The molecule has 6 nitrogen and oxygen atoms in total. The SMILES string of the molecule is Cn1c(=O)n(CCCO)c(=O)c2c(Cc3ccc(F)cc3)c(O)ccc21. The first kappa shape index (κ1) is 17.9. The van der Waals surface area contributed by atoms with Gasteiger partial charge in [-0.3, -0.25) is 13.9 Å². The number of rotatable bonds is 5. The zero-order chi connectivity index (χ0) is 18.8. The molecule has 0 saturated carbocycles. The summed E-state index contributed by atoms with van der Waals surface area (Å²) in [7, 11) is 1.55. The second-order valence-corrected chi connectivity index (χ2v) is 6.14. The standard InChI is InChI=1S/C19H19FN2O4/c1-21-15-7-8-16(24)14(11-12-3-5-13(20)6-4-12)17(15)18(25)22(19(21)26)9-2-10-23/h3-8,23-24H,2,9-11H2,1H3. The molecule has 2 N–H and O–H groups in total. The molecular formula is C19H19FN2O4. The summed E-state index contributed by atoms with van der Waals surface area (Å²) in [6.07, 6.45) is 0.490. The van der Waals surface area contributed by atoms with Crippen LogP contribution in [0.4, 0.5) is 4.39 Å². The molecule has 3 rings (SSSR count). The van der Waals surface area contributed by atoms with Crippen LogP contribution in [0.2, 0.25) is 0 Å². The molecule has 7 heteroatoms. The lowest BCUT2D eigenvalue weighted by atomic mass is 10.00. The third-order valence-corrected chi connectivity index (χ3v) is 4.44. The van der Waals surface area contributed by atoms with E-state index >= 15 is 0 Å². The van der Waals surface area contributed by atoms with E-state index in [1.54, 1.807) is 19.2 Å². The van der Waals surface area contributed by atoms with Crippen molar-refractivity contribution in [2.75, 3.05) is 6.61 Å². The minimum atomic E-state index is -0.510. The predicted octanol–water partition coefficient (Wildman–Crippen LogP) is 1.52. The maximum Gasteiger partial charge on any atom is 0.331 e. The highest BCUT2D eigenvalue weighted by Gasteiger charge is 2.17. The van der Waals surface area contributed by atoms with Crippen LogP contribution in [0.5, 0.6) is 5.75 Å². The number of aliphatic hydroxyl groups is 1. The number of aryl methyl sites for hydroxylation is 1. The van der Waals surface area contributed by atoms with Crippen molar-refractivity contribution in [3.63, 3.8) is 0 Å². The van der Waals surface area contributed by atoms with Gasteiger partial charge in [0.15, 0.2) is 0 Å². The fraction of sp³-hybridized carbons (Fsp3) is 0.263. The Kier molecular flexibility index (Phi) is 4.90. The molecule has 0 aliphatic rings. The molecule has 0 atom stereocenters. The molecule has 0 spiro atoms. The fourth-order valence-corrected chi connectivity index (χ4v) is 3.06. The van der Waals surface area contributed by atoms with Crippen LogP contribution < -0.4 is 11.2 Å². The van der Waals surface area contributed by atoms with Crippen molar-refractivity contribution >= 4 is 10.9 Å². The first-order chi connectivity index (χ1) is 12.4. The molecule has 0 aliphatic heterocycles. The van der Waals surface area contributed by atoms with E-state index in [0.29, 0.717) is 11.1 Å². The molecule has 0 aliphatic carbocycles. The Morgan fingerprint density at radius 2 is 1.77 bits per heavy atom. The first-order valence-corrected chi connectivity index (χ1v) is 8.23. The van der Waals surface area contributed by atoms with Gasteiger partial charge in [-0.2, -0.15) is 0 Å². The second kappa shape index (κ2) is 7.13. The summed E-state index contributed by atoms with van der Waals surface area (Å²) in [5.41, 5.74) is 0.533. The van der Waals surface area contributed by atoms with E-state index in [2.05, 4.69) is 0 Å². The Bertz CT molecular complexity index is 1070. The van der Waals surface area contributed by atoms with Crippen molar-refractivity contribution < 1.29 is 14.6 Å². The number of hydrogen-bond acceptors (Lipinski definition) is 4. The van der Waals surface area contributed by atoms with Crippen molar-refractivity contribution in [1.82, 2.24) is 9.13 Å². The van der Waals surface area contributed by atoms with Crippen LogP contribution >= 0.6 is 0 Å². The average molecular weight is 358 g/mol. The predicted molar refractivity (Wildman–Crippen MR) is 96.0 cm³/mol. The highest BCUT2D eigenvalue weighted by molar-refractivity contribution is 5.84. The number of aromatic hydroxyl groups is 1.